The lowest BCUT2D eigenvalue weighted by Gasteiger charge is -2.43. The first-order valence-corrected chi connectivity index (χ1v) is 29.0. The molecule has 0 radical (unpaired) electrons. The molecule has 25 nitrogen and oxygen atoms in total. The Balaban J connectivity index is 1.01. The summed E-state index contributed by atoms with van der Waals surface area (Å²) in [6.45, 7) is 8.77. The second-order valence-corrected chi connectivity index (χ2v) is 23.3. The van der Waals surface area contributed by atoms with E-state index in [-0.39, 0.29) is 71.4 Å². The molecule has 4 aromatic rings. The Bertz CT molecular complexity index is 3290. The Hall–Kier alpha value is -8.36. The molecular weight excluding hydrogens is 1130 g/mol. The second-order valence-electron chi connectivity index (χ2n) is 23.3. The van der Waals surface area contributed by atoms with Crippen LogP contribution in [0.3, 0.4) is 0 Å². The summed E-state index contributed by atoms with van der Waals surface area (Å²) in [7, 11) is 1.28. The van der Waals surface area contributed by atoms with Crippen LogP contribution in [0.15, 0.2) is 67.0 Å². The van der Waals surface area contributed by atoms with E-state index >= 15 is 0 Å². The van der Waals surface area contributed by atoms with Crippen molar-refractivity contribution in [1.82, 2.24) is 36.5 Å². The number of aromatic hydroxyl groups is 2. The van der Waals surface area contributed by atoms with Crippen molar-refractivity contribution in [3.8, 4) is 28.7 Å². The molecule has 87 heavy (non-hydrogen) atoms. The molecule has 8 rings (SSSR count). The highest BCUT2D eigenvalue weighted by atomic mass is 16.7. The third-order valence-electron chi connectivity index (χ3n) is 16.0. The van der Waals surface area contributed by atoms with Gasteiger partial charge in [0.2, 0.25) is 41.2 Å². The lowest BCUT2D eigenvalue weighted by molar-refractivity contribution is -0.249. The Labute approximate surface area is 501 Å². The molecular formula is C62H75N7O18. The van der Waals surface area contributed by atoms with Gasteiger partial charge in [0, 0.05) is 62.0 Å². The van der Waals surface area contributed by atoms with Crippen LogP contribution in [-0.2, 0) is 55.9 Å². The summed E-state index contributed by atoms with van der Waals surface area (Å²) in [5.41, 5.74) is -4.02. The maximum Gasteiger partial charge on any atom is 0.243 e. The maximum atomic E-state index is 14.6. The Morgan fingerprint density at radius 2 is 1.52 bits per heavy atom. The molecule has 2 fully saturated rings. The number of phenolic OH excluding ortho intramolecular Hbond substituents is 2. The monoisotopic (exact) mass is 1210 g/mol. The van der Waals surface area contributed by atoms with Crippen molar-refractivity contribution in [2.24, 2.45) is 11.8 Å². The Morgan fingerprint density at radius 3 is 2.16 bits per heavy atom. The number of Topliss-reactive ketones (excluding diaryl/α,β-unsaturated/α-hetero) is 1. The topological polar surface area (TPSA) is 368 Å². The molecule has 10 atom stereocenters. The molecule has 25 heteroatoms. The average molecular weight is 1210 g/mol. The molecule has 2 saturated heterocycles. The fourth-order valence-electron chi connectivity index (χ4n) is 11.7. The molecule has 4 aliphatic rings. The number of methoxy groups -OCH3 is 1. The molecule has 6 amide bonds. The molecule has 10 N–H and O–H groups in total. The number of aromatic nitrogens is 1. The number of carbonyl (C=O) groups excluding carboxylic acids is 9. The number of carbonyl (C=O) groups is 9. The van der Waals surface area contributed by atoms with Gasteiger partial charge in [-0.05, 0) is 80.3 Å². The van der Waals surface area contributed by atoms with Gasteiger partial charge in [0.25, 0.3) is 0 Å². The molecule has 0 saturated carbocycles. The minimum absolute atomic E-state index is 0.00926. The predicted octanol–water partition coefficient (Wildman–Crippen LogP) is 2.26. The van der Waals surface area contributed by atoms with E-state index in [9.17, 15) is 68.7 Å². The zero-order chi connectivity index (χ0) is 63.2. The fourth-order valence-corrected chi connectivity index (χ4v) is 11.7. The molecule has 3 aromatic carbocycles. The first-order valence-electron chi connectivity index (χ1n) is 29.0. The van der Waals surface area contributed by atoms with Crippen molar-refractivity contribution >= 4 is 52.8 Å². The van der Waals surface area contributed by atoms with E-state index in [2.05, 4.69) is 31.6 Å². The minimum atomic E-state index is -2.46. The van der Waals surface area contributed by atoms with Gasteiger partial charge in [0.05, 0.1) is 54.8 Å². The smallest absolute Gasteiger partial charge is 0.243 e. The molecule has 2 aliphatic carbocycles. The van der Waals surface area contributed by atoms with Gasteiger partial charge in [-0.25, -0.2) is 0 Å². The van der Waals surface area contributed by atoms with Crippen LogP contribution in [0.25, 0.3) is 0 Å². The number of phenols is 2. The van der Waals surface area contributed by atoms with Crippen molar-refractivity contribution in [3.05, 3.63) is 106 Å². The summed E-state index contributed by atoms with van der Waals surface area (Å²) < 4.78 is 23.7. The lowest BCUT2D eigenvalue weighted by atomic mass is 9.72. The van der Waals surface area contributed by atoms with E-state index in [1.807, 2.05) is 13.8 Å². The largest absolute Gasteiger partial charge is 0.507 e. The number of fused-ring (bicyclic) bond motifs is 3. The molecule has 466 valence electrons. The Kier molecular flexibility index (Phi) is 20.5. The van der Waals surface area contributed by atoms with E-state index in [1.54, 1.807) is 56.4 Å². The number of hydrogen-bond acceptors (Lipinski definition) is 19. The molecule has 0 bridgehead atoms. The van der Waals surface area contributed by atoms with Gasteiger partial charge in [0.1, 0.15) is 71.2 Å². The van der Waals surface area contributed by atoms with E-state index in [0.717, 1.165) is 0 Å². The molecule has 3 heterocycles. The summed E-state index contributed by atoms with van der Waals surface area (Å²) in [5.74, 6) is -7.67. The van der Waals surface area contributed by atoms with Gasteiger partial charge < -0.3 is 76.0 Å². The minimum Gasteiger partial charge on any atom is -0.507 e. The number of amides is 6. The first-order chi connectivity index (χ1) is 41.3. The van der Waals surface area contributed by atoms with Crippen LogP contribution in [0.4, 0.5) is 0 Å². The number of pyridine rings is 1. The quantitative estimate of drug-likeness (QED) is 0.0419. The van der Waals surface area contributed by atoms with Crippen molar-refractivity contribution < 1.29 is 87.6 Å². The summed E-state index contributed by atoms with van der Waals surface area (Å²) in [6.07, 6.45) is -3.03. The highest BCUT2D eigenvalue weighted by Crippen LogP contribution is 2.52. The van der Waals surface area contributed by atoms with E-state index in [0.29, 0.717) is 36.4 Å². The molecule has 0 spiro atoms. The number of aliphatic hydroxyl groups excluding tert-OH is 2. The number of rotatable bonds is 23. The maximum absolute atomic E-state index is 14.6. The van der Waals surface area contributed by atoms with E-state index in [4.69, 9.17) is 18.9 Å². The fraction of sp³-hybridized carbons (Fsp3) is 0.484. The highest BCUT2D eigenvalue weighted by molar-refractivity contribution is 6.31. The standard InChI is InChI=1S/C62H75N7O18/c1-30(2)21-40(68-61(82)43-13-10-20-69(43)33(6)71)58(79)64-28-47(73)65-42(23-34-15-17-35(18-16-34)86-36-11-9-19-63-27-36)60(81)67-41(22-31(3)4)59(80)66-39-24-48(85-32(5)53(39)74)87-45-26-62(83,46(72)29-70)25-38-50(45)57(78)52-51(55(38)76)54(75)37-12-8-14-44(84-7)49(37)56(52)77/h8-9,11-12,14-19,27,30-32,39-43,45,48,53,70,74,76,78,83H,10,13,20-26,28-29H2,1-7H3,(H,64,79)(H,65,73)(H,66,80)(H,67,81)(H,68,82)/t32-,39-,40-,41-,42-,43-,45-,48-,53+,62-/m0/s1. The highest BCUT2D eigenvalue weighted by Gasteiger charge is 2.51. The zero-order valence-electron chi connectivity index (χ0n) is 49.4. The van der Waals surface area contributed by atoms with Gasteiger partial charge in [-0.1, -0.05) is 52.0 Å². The van der Waals surface area contributed by atoms with E-state index < -0.39 is 156 Å². The van der Waals surface area contributed by atoms with Crippen LogP contribution >= 0.6 is 0 Å². The van der Waals surface area contributed by atoms with Gasteiger partial charge in [-0.2, -0.15) is 0 Å². The number of likely N-dealkylation sites (tertiary alicyclic amines) is 1. The SMILES string of the molecule is COc1cccc2c1C(=O)c1c(O)c3c(c(O)c1C2=O)C[C@@](O)(C(=O)CO)C[C@@H]3O[C@H]1C[C@H](NC(=O)[C@H](CC(C)C)NC(=O)[C@H](Cc2ccc(Oc3cccnc3)cc2)NC(=O)CNC(=O)[C@H](CC(C)C)NC(=O)[C@@H]2CCCN2C(C)=O)[C@H](O)[C@H](C)O1. The van der Waals surface area contributed by atoms with Crippen LogP contribution in [0.5, 0.6) is 28.7 Å². The number of hydrogen-bond donors (Lipinski definition) is 10. The number of nitrogens with one attached hydrogen (secondary N) is 5. The molecule has 2 aliphatic heterocycles. The van der Waals surface area contributed by atoms with Gasteiger partial charge in [-0.3, -0.25) is 48.1 Å². The normalized spacial score (nSPS) is 22.4. The number of nitrogens with zero attached hydrogens (tertiary/aromatic N) is 2. The van der Waals surface area contributed by atoms with Crippen molar-refractivity contribution in [3.63, 3.8) is 0 Å². The van der Waals surface area contributed by atoms with Crippen molar-refractivity contribution in [2.45, 2.75) is 153 Å². The Morgan fingerprint density at radius 1 is 0.828 bits per heavy atom. The van der Waals surface area contributed by atoms with Crippen molar-refractivity contribution in [1.29, 1.82) is 0 Å². The van der Waals surface area contributed by atoms with Gasteiger partial charge in [0.15, 0.2) is 17.9 Å². The number of aliphatic hydroxyl groups is 3. The third-order valence-corrected chi connectivity index (χ3v) is 16.0. The summed E-state index contributed by atoms with van der Waals surface area (Å²) in [5, 5.41) is 70.9. The molecule has 0 unspecified atom stereocenters. The van der Waals surface area contributed by atoms with Crippen LogP contribution in [0, 0.1) is 11.8 Å². The molecule has 1 aromatic heterocycles. The summed E-state index contributed by atoms with van der Waals surface area (Å²) in [4.78, 5) is 129. The van der Waals surface area contributed by atoms with Crippen LogP contribution in [0.2, 0.25) is 0 Å². The number of ether oxygens (including phenoxy) is 4. The lowest BCUT2D eigenvalue weighted by Crippen LogP contribution is -2.60. The predicted molar refractivity (Wildman–Crippen MR) is 308 cm³/mol. The second kappa shape index (κ2) is 27.6. The number of ketones is 3. The van der Waals surface area contributed by atoms with Crippen molar-refractivity contribution in [2.75, 3.05) is 26.8 Å². The zero-order valence-corrected chi connectivity index (χ0v) is 49.4. The van der Waals surface area contributed by atoms with Crippen LogP contribution < -0.4 is 36.1 Å². The number of benzene rings is 3. The van der Waals surface area contributed by atoms with E-state index in [1.165, 1.54) is 50.3 Å². The average Bonchev–Trinajstić information content (AvgIpc) is 0.991. The third kappa shape index (κ3) is 14.6. The van der Waals surface area contributed by atoms with Crippen LogP contribution in [-0.4, -0.2) is 169 Å². The summed E-state index contributed by atoms with van der Waals surface area (Å²) >= 11 is 0. The first kappa shape index (κ1) is 64.6. The van der Waals surface area contributed by atoms with Crippen LogP contribution in [0.1, 0.15) is 135 Å². The van der Waals surface area contributed by atoms with Gasteiger partial charge in [-0.15, -0.1) is 0 Å². The summed E-state index contributed by atoms with van der Waals surface area (Å²) in [6, 6.07) is 8.59. The van der Waals surface area contributed by atoms with Gasteiger partial charge >= 0.3 is 0 Å².